The highest BCUT2D eigenvalue weighted by Crippen LogP contribution is 2.31. The van der Waals surface area contributed by atoms with E-state index in [2.05, 4.69) is 49.3 Å². The number of aryl methyl sites for hydroxylation is 1. The summed E-state index contributed by atoms with van der Waals surface area (Å²) in [5.74, 6) is 5.76. The van der Waals surface area contributed by atoms with Crippen LogP contribution in [0.25, 0.3) is 10.9 Å². The number of hydrazine groups is 1. The molecule has 0 saturated carbocycles. The first kappa shape index (κ1) is 14.6. The van der Waals surface area contributed by atoms with Gasteiger partial charge < -0.3 is 10.3 Å². The van der Waals surface area contributed by atoms with Gasteiger partial charge >= 0.3 is 0 Å². The van der Waals surface area contributed by atoms with E-state index in [0.717, 1.165) is 41.8 Å². The minimum Gasteiger partial charge on any atom is -0.372 e. The molecule has 3 N–H and O–H groups in total. The van der Waals surface area contributed by atoms with Gasteiger partial charge in [0.15, 0.2) is 0 Å². The van der Waals surface area contributed by atoms with Crippen LogP contribution in [-0.4, -0.2) is 18.1 Å². The van der Waals surface area contributed by atoms with Crippen molar-refractivity contribution in [2.24, 2.45) is 5.84 Å². The Kier molecular flexibility index (Phi) is 4.45. The standard InChI is InChI=1S/C16H24N4/c1-5-13-11(4)18-15-9-8-12(20(6-2)7-3)10-14(15)16(13)19-17/h8-10H,5-7,17H2,1-4H3,(H,18,19). The molecule has 0 aliphatic rings. The van der Waals surface area contributed by atoms with E-state index < -0.39 is 0 Å². The molecule has 4 nitrogen and oxygen atoms in total. The number of hydrogen-bond donors (Lipinski definition) is 2. The monoisotopic (exact) mass is 272 g/mol. The van der Waals surface area contributed by atoms with Gasteiger partial charge in [-0.2, -0.15) is 0 Å². The maximum Gasteiger partial charge on any atom is 0.0728 e. The van der Waals surface area contributed by atoms with Crippen LogP contribution >= 0.6 is 0 Å². The number of aromatic nitrogens is 1. The van der Waals surface area contributed by atoms with Crippen molar-refractivity contribution in [3.63, 3.8) is 0 Å². The van der Waals surface area contributed by atoms with Crippen LogP contribution in [0.15, 0.2) is 18.2 Å². The summed E-state index contributed by atoms with van der Waals surface area (Å²) in [6.45, 7) is 10.5. The minimum absolute atomic E-state index is 0.920. The fraction of sp³-hybridized carbons (Fsp3) is 0.438. The van der Waals surface area contributed by atoms with Crippen LogP contribution in [0.4, 0.5) is 11.4 Å². The number of nitrogen functional groups attached to an aromatic ring is 1. The zero-order chi connectivity index (χ0) is 14.7. The maximum atomic E-state index is 5.76. The average molecular weight is 272 g/mol. The van der Waals surface area contributed by atoms with Gasteiger partial charge in [0.05, 0.1) is 11.2 Å². The molecular formula is C16H24N4. The molecule has 0 saturated heterocycles. The summed E-state index contributed by atoms with van der Waals surface area (Å²) in [6.07, 6.45) is 0.920. The summed E-state index contributed by atoms with van der Waals surface area (Å²) in [7, 11) is 0. The molecule has 0 amide bonds. The zero-order valence-electron chi connectivity index (χ0n) is 12.8. The predicted molar refractivity (Wildman–Crippen MR) is 87.2 cm³/mol. The van der Waals surface area contributed by atoms with Gasteiger partial charge in [-0.15, -0.1) is 0 Å². The van der Waals surface area contributed by atoms with E-state index in [1.165, 1.54) is 11.3 Å². The van der Waals surface area contributed by atoms with Gasteiger partial charge in [0.1, 0.15) is 0 Å². The van der Waals surface area contributed by atoms with Crippen LogP contribution in [0.5, 0.6) is 0 Å². The third-order valence-electron chi connectivity index (χ3n) is 3.90. The number of pyridine rings is 1. The molecule has 4 heteroatoms. The Morgan fingerprint density at radius 2 is 1.90 bits per heavy atom. The Hall–Kier alpha value is -1.81. The first-order valence-electron chi connectivity index (χ1n) is 7.30. The van der Waals surface area contributed by atoms with Crippen molar-refractivity contribution in [2.75, 3.05) is 23.4 Å². The molecular weight excluding hydrogens is 248 g/mol. The van der Waals surface area contributed by atoms with Gasteiger partial charge in [-0.05, 0) is 51.0 Å². The van der Waals surface area contributed by atoms with E-state index >= 15 is 0 Å². The van der Waals surface area contributed by atoms with E-state index in [-0.39, 0.29) is 0 Å². The van der Waals surface area contributed by atoms with E-state index in [9.17, 15) is 0 Å². The Bertz CT molecular complexity index is 603. The highest BCUT2D eigenvalue weighted by Gasteiger charge is 2.12. The second kappa shape index (κ2) is 6.09. The van der Waals surface area contributed by atoms with Gasteiger partial charge in [0, 0.05) is 29.9 Å². The van der Waals surface area contributed by atoms with Crippen molar-refractivity contribution < 1.29 is 0 Å². The number of benzene rings is 1. The van der Waals surface area contributed by atoms with E-state index in [0.29, 0.717) is 0 Å². The number of hydrogen-bond acceptors (Lipinski definition) is 4. The van der Waals surface area contributed by atoms with Gasteiger partial charge in [0.25, 0.3) is 0 Å². The lowest BCUT2D eigenvalue weighted by Crippen LogP contribution is -2.21. The van der Waals surface area contributed by atoms with E-state index in [4.69, 9.17) is 10.8 Å². The van der Waals surface area contributed by atoms with Crippen LogP contribution in [0, 0.1) is 6.92 Å². The quantitative estimate of drug-likeness (QED) is 0.648. The van der Waals surface area contributed by atoms with Crippen molar-refractivity contribution >= 4 is 22.3 Å². The van der Waals surface area contributed by atoms with E-state index in [1.807, 2.05) is 6.92 Å². The van der Waals surface area contributed by atoms with E-state index in [1.54, 1.807) is 0 Å². The highest BCUT2D eigenvalue weighted by atomic mass is 15.2. The number of fused-ring (bicyclic) bond motifs is 1. The SMILES string of the molecule is CCc1c(C)nc2ccc(N(CC)CC)cc2c1NN. The molecule has 1 aromatic heterocycles. The summed E-state index contributed by atoms with van der Waals surface area (Å²) < 4.78 is 0. The third-order valence-corrected chi connectivity index (χ3v) is 3.90. The summed E-state index contributed by atoms with van der Waals surface area (Å²) >= 11 is 0. The number of nitrogens with one attached hydrogen (secondary N) is 1. The molecule has 0 aliphatic carbocycles. The van der Waals surface area contributed by atoms with Gasteiger partial charge in [-0.25, -0.2) is 0 Å². The van der Waals surface area contributed by atoms with Crippen LogP contribution in [0.3, 0.4) is 0 Å². The normalized spacial score (nSPS) is 10.8. The number of rotatable bonds is 5. The molecule has 2 rings (SSSR count). The first-order chi connectivity index (χ1) is 9.65. The first-order valence-corrected chi connectivity index (χ1v) is 7.30. The molecule has 0 spiro atoms. The smallest absolute Gasteiger partial charge is 0.0728 e. The van der Waals surface area contributed by atoms with Crippen LogP contribution in [0.2, 0.25) is 0 Å². The molecule has 20 heavy (non-hydrogen) atoms. The summed E-state index contributed by atoms with van der Waals surface area (Å²) in [6, 6.07) is 6.40. The molecule has 1 aromatic carbocycles. The lowest BCUT2D eigenvalue weighted by atomic mass is 10.0. The second-order valence-corrected chi connectivity index (χ2v) is 4.92. The molecule has 0 radical (unpaired) electrons. The second-order valence-electron chi connectivity index (χ2n) is 4.92. The molecule has 0 bridgehead atoms. The van der Waals surface area contributed by atoms with Crippen molar-refractivity contribution in [3.8, 4) is 0 Å². The average Bonchev–Trinajstić information content (AvgIpc) is 2.47. The van der Waals surface area contributed by atoms with Gasteiger partial charge in [-0.3, -0.25) is 10.8 Å². The Labute approximate surface area is 121 Å². The fourth-order valence-electron chi connectivity index (χ4n) is 2.80. The fourth-order valence-corrected chi connectivity index (χ4v) is 2.80. The maximum absolute atomic E-state index is 5.76. The minimum atomic E-state index is 0.920. The lowest BCUT2D eigenvalue weighted by Gasteiger charge is -2.22. The van der Waals surface area contributed by atoms with Crippen molar-refractivity contribution in [1.82, 2.24) is 4.98 Å². The van der Waals surface area contributed by atoms with Crippen molar-refractivity contribution in [3.05, 3.63) is 29.5 Å². The van der Waals surface area contributed by atoms with Crippen LogP contribution in [-0.2, 0) is 6.42 Å². The van der Waals surface area contributed by atoms with Crippen molar-refractivity contribution in [2.45, 2.75) is 34.1 Å². The third kappa shape index (κ3) is 2.43. The zero-order valence-corrected chi connectivity index (χ0v) is 12.8. The largest absolute Gasteiger partial charge is 0.372 e. The molecule has 0 fully saturated rings. The molecule has 0 unspecified atom stereocenters. The summed E-state index contributed by atoms with van der Waals surface area (Å²) in [5.41, 5.74) is 8.32. The molecule has 1 heterocycles. The van der Waals surface area contributed by atoms with Gasteiger partial charge in [-0.1, -0.05) is 6.92 Å². The molecule has 2 aromatic rings. The number of nitrogens with two attached hydrogens (primary N) is 1. The molecule has 108 valence electrons. The molecule has 0 atom stereocenters. The lowest BCUT2D eigenvalue weighted by molar-refractivity contribution is 0.867. The summed E-state index contributed by atoms with van der Waals surface area (Å²) in [5, 5.41) is 1.10. The Morgan fingerprint density at radius 1 is 1.20 bits per heavy atom. The highest BCUT2D eigenvalue weighted by molar-refractivity contribution is 5.95. The van der Waals surface area contributed by atoms with Crippen LogP contribution < -0.4 is 16.2 Å². The van der Waals surface area contributed by atoms with Crippen LogP contribution in [0.1, 0.15) is 32.0 Å². The topological polar surface area (TPSA) is 54.2 Å². The predicted octanol–water partition coefficient (Wildman–Crippen LogP) is 3.24. The summed E-state index contributed by atoms with van der Waals surface area (Å²) in [4.78, 5) is 7.02. The number of anilines is 2. The van der Waals surface area contributed by atoms with Crippen molar-refractivity contribution in [1.29, 1.82) is 0 Å². The number of nitrogens with zero attached hydrogens (tertiary/aromatic N) is 2. The Morgan fingerprint density at radius 3 is 2.45 bits per heavy atom. The molecule has 0 aliphatic heterocycles. The Balaban J connectivity index is 2.69. The van der Waals surface area contributed by atoms with Gasteiger partial charge in [0.2, 0.25) is 0 Å².